The highest BCUT2D eigenvalue weighted by atomic mass is 32.1. The Bertz CT molecular complexity index is 2350. The summed E-state index contributed by atoms with van der Waals surface area (Å²) in [5.74, 6) is 0. The number of para-hydroxylation sites is 2. The van der Waals surface area contributed by atoms with E-state index in [0.29, 0.717) is 0 Å². The maximum Gasteiger partial charge on any atom is 0.124 e. The number of thiazole rings is 2. The number of fused-ring (bicyclic) bond motifs is 5. The zero-order chi connectivity index (χ0) is 29.0. The van der Waals surface area contributed by atoms with Gasteiger partial charge in [-0.1, -0.05) is 72.8 Å². The van der Waals surface area contributed by atoms with Gasteiger partial charge in [0.15, 0.2) is 0 Å². The molecule has 0 bridgehead atoms. The predicted octanol–water partition coefficient (Wildman–Crippen LogP) is 10.7. The minimum Gasteiger partial charge on any atom is -0.254 e. The molecule has 4 aromatic heterocycles. The second kappa shape index (κ2) is 10.2. The van der Waals surface area contributed by atoms with E-state index in [1.54, 1.807) is 22.7 Å². The van der Waals surface area contributed by atoms with E-state index in [2.05, 4.69) is 114 Å². The van der Waals surface area contributed by atoms with E-state index >= 15 is 0 Å². The van der Waals surface area contributed by atoms with Crippen LogP contribution in [0.2, 0.25) is 0 Å². The van der Waals surface area contributed by atoms with Crippen LogP contribution in [0.4, 0.5) is 0 Å². The van der Waals surface area contributed by atoms with Crippen LogP contribution in [0.25, 0.3) is 85.8 Å². The molecule has 0 radical (unpaired) electrons. The normalized spacial score (nSPS) is 11.6. The van der Waals surface area contributed by atoms with E-state index in [9.17, 15) is 0 Å². The molecule has 0 aliphatic heterocycles. The molecule has 206 valence electrons. The average molecular weight is 599 g/mol. The molecule has 9 rings (SSSR count). The lowest BCUT2D eigenvalue weighted by Gasteiger charge is -2.10. The lowest BCUT2D eigenvalue weighted by molar-refractivity contribution is 1.37. The van der Waals surface area contributed by atoms with Crippen molar-refractivity contribution in [2.45, 2.75) is 0 Å². The maximum atomic E-state index is 5.05. The standard InChI is InChI=1S/C38H22N4S2/c1-3-9-33-31(7-1)41-37(43-33)28-20-27(21-29(22-28)38-42-32-8-2-4-10-34(32)44-38)23-11-13-24(14-12-23)30-18-17-26-16-15-25-6-5-19-39-35(25)36(26)40-30/h1-22H. The highest BCUT2D eigenvalue weighted by Gasteiger charge is 2.14. The highest BCUT2D eigenvalue weighted by molar-refractivity contribution is 7.22. The van der Waals surface area contributed by atoms with Gasteiger partial charge in [0.05, 0.1) is 37.2 Å². The van der Waals surface area contributed by atoms with Crippen LogP contribution in [0.5, 0.6) is 0 Å². The third-order valence-corrected chi connectivity index (χ3v) is 10.1. The van der Waals surface area contributed by atoms with Crippen LogP contribution in [-0.4, -0.2) is 19.9 Å². The summed E-state index contributed by atoms with van der Waals surface area (Å²) in [6.45, 7) is 0. The summed E-state index contributed by atoms with van der Waals surface area (Å²) in [7, 11) is 0. The fraction of sp³-hybridized carbons (Fsp3) is 0. The van der Waals surface area contributed by atoms with Gasteiger partial charge in [-0.25, -0.2) is 15.0 Å². The average Bonchev–Trinajstić information content (AvgIpc) is 3.73. The summed E-state index contributed by atoms with van der Waals surface area (Å²) in [5, 5.41) is 4.20. The molecule has 0 atom stereocenters. The molecule has 0 N–H and O–H groups in total. The second-order valence-electron chi connectivity index (χ2n) is 10.8. The molecular weight excluding hydrogens is 577 g/mol. The van der Waals surface area contributed by atoms with Crippen LogP contribution >= 0.6 is 22.7 Å². The van der Waals surface area contributed by atoms with Crippen LogP contribution < -0.4 is 0 Å². The molecule has 0 aliphatic carbocycles. The molecule has 9 aromatic rings. The molecule has 44 heavy (non-hydrogen) atoms. The van der Waals surface area contributed by atoms with Crippen LogP contribution in [0.1, 0.15) is 0 Å². The fourth-order valence-corrected chi connectivity index (χ4v) is 7.66. The van der Waals surface area contributed by atoms with E-state index in [1.807, 2.05) is 24.4 Å². The minimum absolute atomic E-state index is 0.925. The van der Waals surface area contributed by atoms with E-state index in [-0.39, 0.29) is 0 Å². The van der Waals surface area contributed by atoms with Crippen LogP contribution in [0, 0.1) is 0 Å². The number of aromatic nitrogens is 4. The van der Waals surface area contributed by atoms with Crippen LogP contribution in [0.3, 0.4) is 0 Å². The SMILES string of the molecule is c1cnc2c(c1)ccc1ccc(-c3ccc(-c4cc(-c5nc6ccccc6s5)cc(-c5nc6ccccc6s5)c4)cc3)nc12. The van der Waals surface area contributed by atoms with Crippen molar-refractivity contribution >= 4 is 64.9 Å². The van der Waals surface area contributed by atoms with Gasteiger partial charge in [0, 0.05) is 33.7 Å². The zero-order valence-electron chi connectivity index (χ0n) is 23.3. The molecule has 0 amide bonds. The van der Waals surface area contributed by atoms with Crippen molar-refractivity contribution in [3.05, 3.63) is 134 Å². The number of hydrogen-bond acceptors (Lipinski definition) is 6. The highest BCUT2D eigenvalue weighted by Crippen LogP contribution is 2.39. The van der Waals surface area contributed by atoms with Gasteiger partial charge < -0.3 is 0 Å². The second-order valence-corrected chi connectivity index (χ2v) is 12.8. The first-order valence-corrected chi connectivity index (χ1v) is 16.0. The van der Waals surface area contributed by atoms with Crippen molar-refractivity contribution in [2.75, 3.05) is 0 Å². The van der Waals surface area contributed by atoms with E-state index < -0.39 is 0 Å². The number of hydrogen-bond donors (Lipinski definition) is 0. The van der Waals surface area contributed by atoms with Gasteiger partial charge in [0.2, 0.25) is 0 Å². The first-order valence-electron chi connectivity index (χ1n) is 14.4. The number of benzene rings is 5. The molecule has 0 spiro atoms. The molecule has 0 fully saturated rings. The summed E-state index contributed by atoms with van der Waals surface area (Å²) in [6, 6.07) is 44.5. The van der Waals surface area contributed by atoms with Crippen molar-refractivity contribution < 1.29 is 0 Å². The Morgan fingerprint density at radius 2 is 0.977 bits per heavy atom. The molecule has 0 unspecified atom stereocenters. The monoisotopic (exact) mass is 598 g/mol. The van der Waals surface area contributed by atoms with E-state index in [0.717, 1.165) is 76.4 Å². The van der Waals surface area contributed by atoms with Crippen LogP contribution in [-0.2, 0) is 0 Å². The van der Waals surface area contributed by atoms with Crippen molar-refractivity contribution in [1.82, 2.24) is 19.9 Å². The lowest BCUT2D eigenvalue weighted by atomic mass is 9.98. The molecule has 4 nitrogen and oxygen atoms in total. The van der Waals surface area contributed by atoms with Crippen LogP contribution in [0.15, 0.2) is 134 Å². The largest absolute Gasteiger partial charge is 0.254 e. The molecule has 0 aliphatic rings. The van der Waals surface area contributed by atoms with Gasteiger partial charge in [-0.2, -0.15) is 0 Å². The Morgan fingerprint density at radius 1 is 0.409 bits per heavy atom. The molecule has 5 aromatic carbocycles. The summed E-state index contributed by atoms with van der Waals surface area (Å²) < 4.78 is 2.37. The Kier molecular flexibility index (Phi) is 5.82. The maximum absolute atomic E-state index is 5.05. The van der Waals surface area contributed by atoms with Gasteiger partial charge in [-0.05, 0) is 65.7 Å². The molecular formula is C38H22N4S2. The first-order chi connectivity index (χ1) is 21.7. The van der Waals surface area contributed by atoms with Crippen molar-refractivity contribution in [2.24, 2.45) is 0 Å². The number of rotatable bonds is 4. The number of nitrogens with zero attached hydrogens (tertiary/aromatic N) is 4. The lowest BCUT2D eigenvalue weighted by Crippen LogP contribution is -1.89. The topological polar surface area (TPSA) is 51.6 Å². The molecule has 4 heterocycles. The Morgan fingerprint density at radius 3 is 1.64 bits per heavy atom. The Balaban J connectivity index is 1.15. The summed E-state index contributed by atoms with van der Waals surface area (Å²) in [6.07, 6.45) is 1.83. The zero-order valence-corrected chi connectivity index (χ0v) is 24.9. The minimum atomic E-state index is 0.925. The third-order valence-electron chi connectivity index (χ3n) is 7.96. The molecule has 0 saturated heterocycles. The summed E-state index contributed by atoms with van der Waals surface area (Å²) in [5.41, 5.74) is 10.3. The third kappa shape index (κ3) is 4.35. The smallest absolute Gasteiger partial charge is 0.124 e. The summed E-state index contributed by atoms with van der Waals surface area (Å²) >= 11 is 3.45. The van der Waals surface area contributed by atoms with Gasteiger partial charge in [0.1, 0.15) is 10.0 Å². The summed E-state index contributed by atoms with van der Waals surface area (Å²) in [4.78, 5) is 19.6. The van der Waals surface area contributed by atoms with Gasteiger partial charge in [0.25, 0.3) is 0 Å². The van der Waals surface area contributed by atoms with E-state index in [1.165, 1.54) is 9.40 Å². The van der Waals surface area contributed by atoms with Crippen molar-refractivity contribution in [3.63, 3.8) is 0 Å². The van der Waals surface area contributed by atoms with Gasteiger partial charge >= 0.3 is 0 Å². The van der Waals surface area contributed by atoms with E-state index in [4.69, 9.17) is 15.0 Å². The molecule has 0 saturated carbocycles. The first kappa shape index (κ1) is 25.2. The van der Waals surface area contributed by atoms with Gasteiger partial charge in [-0.3, -0.25) is 4.98 Å². The quantitative estimate of drug-likeness (QED) is 0.189. The number of pyridine rings is 2. The van der Waals surface area contributed by atoms with Gasteiger partial charge in [-0.15, -0.1) is 22.7 Å². The van der Waals surface area contributed by atoms with Crippen molar-refractivity contribution in [1.29, 1.82) is 0 Å². The molecule has 6 heteroatoms. The predicted molar refractivity (Wildman–Crippen MR) is 185 cm³/mol. The Labute approximate surface area is 261 Å². The van der Waals surface area contributed by atoms with Crippen molar-refractivity contribution in [3.8, 4) is 43.5 Å². The fourth-order valence-electron chi connectivity index (χ4n) is 5.75. The Hall–Kier alpha value is -5.30.